The summed E-state index contributed by atoms with van der Waals surface area (Å²) in [5, 5.41) is 3.69. The molecule has 110 valence electrons. The lowest BCUT2D eigenvalue weighted by Gasteiger charge is -2.31. The number of rotatable bonds is 4. The summed E-state index contributed by atoms with van der Waals surface area (Å²) in [6, 6.07) is 9.42. The highest BCUT2D eigenvalue weighted by Gasteiger charge is 2.24. The van der Waals surface area contributed by atoms with Crippen molar-refractivity contribution in [2.24, 2.45) is 5.92 Å². The molecule has 1 aromatic carbocycles. The Morgan fingerprint density at radius 3 is 2.95 bits per heavy atom. The molecule has 3 rings (SSSR count). The van der Waals surface area contributed by atoms with Gasteiger partial charge in [-0.2, -0.15) is 0 Å². The molecule has 3 nitrogen and oxygen atoms in total. The Bertz CT molecular complexity index is 446. The largest absolute Gasteiger partial charge is 0.309 e. The van der Waals surface area contributed by atoms with Crippen LogP contribution in [-0.4, -0.2) is 56.6 Å². The van der Waals surface area contributed by atoms with Crippen molar-refractivity contribution in [2.75, 3.05) is 46.8 Å². The van der Waals surface area contributed by atoms with E-state index in [1.54, 1.807) is 0 Å². The summed E-state index contributed by atoms with van der Waals surface area (Å²) in [6.45, 7) is 5.99. The quantitative estimate of drug-likeness (QED) is 0.902. The standard InChI is InChI=1S/C17H27N3/c1-19-10-8-14(11-19)12-20(2)13-17-16-6-4-3-5-15(16)7-9-18-17/h3-6,14,17-18H,7-13H2,1-2H3. The van der Waals surface area contributed by atoms with Gasteiger partial charge in [0.1, 0.15) is 0 Å². The van der Waals surface area contributed by atoms with Crippen molar-refractivity contribution in [3.8, 4) is 0 Å². The highest BCUT2D eigenvalue weighted by atomic mass is 15.2. The van der Waals surface area contributed by atoms with Gasteiger partial charge in [-0.25, -0.2) is 0 Å². The summed E-state index contributed by atoms with van der Waals surface area (Å²) in [5.41, 5.74) is 3.04. The van der Waals surface area contributed by atoms with E-state index in [0.29, 0.717) is 6.04 Å². The Kier molecular flexibility index (Phi) is 4.39. The fourth-order valence-electron chi connectivity index (χ4n) is 3.76. The van der Waals surface area contributed by atoms with Gasteiger partial charge in [0, 0.05) is 25.7 Å². The van der Waals surface area contributed by atoms with E-state index in [2.05, 4.69) is 53.5 Å². The first-order valence-electron chi connectivity index (χ1n) is 7.90. The molecule has 0 saturated carbocycles. The van der Waals surface area contributed by atoms with Gasteiger partial charge in [0.15, 0.2) is 0 Å². The minimum absolute atomic E-state index is 0.504. The highest BCUT2D eigenvalue weighted by Crippen LogP contribution is 2.24. The van der Waals surface area contributed by atoms with Crippen LogP contribution < -0.4 is 5.32 Å². The zero-order valence-electron chi connectivity index (χ0n) is 12.8. The summed E-state index contributed by atoms with van der Waals surface area (Å²) >= 11 is 0. The Morgan fingerprint density at radius 1 is 1.30 bits per heavy atom. The lowest BCUT2D eigenvalue weighted by Crippen LogP contribution is -2.39. The zero-order chi connectivity index (χ0) is 13.9. The van der Waals surface area contributed by atoms with Gasteiger partial charge >= 0.3 is 0 Å². The minimum Gasteiger partial charge on any atom is -0.309 e. The van der Waals surface area contributed by atoms with E-state index in [-0.39, 0.29) is 0 Å². The third-order valence-electron chi connectivity index (χ3n) is 4.77. The fraction of sp³-hybridized carbons (Fsp3) is 0.647. The van der Waals surface area contributed by atoms with Crippen molar-refractivity contribution in [2.45, 2.75) is 18.9 Å². The van der Waals surface area contributed by atoms with Crippen LogP contribution in [0.5, 0.6) is 0 Å². The number of likely N-dealkylation sites (tertiary alicyclic amines) is 1. The molecule has 0 radical (unpaired) electrons. The average Bonchev–Trinajstić information content (AvgIpc) is 2.84. The number of likely N-dealkylation sites (N-methyl/N-ethyl adjacent to an activating group) is 1. The number of hydrogen-bond donors (Lipinski definition) is 1. The molecule has 0 spiro atoms. The van der Waals surface area contributed by atoms with E-state index in [4.69, 9.17) is 0 Å². The third kappa shape index (κ3) is 3.22. The molecule has 2 unspecified atom stereocenters. The van der Waals surface area contributed by atoms with Crippen LogP contribution in [0.4, 0.5) is 0 Å². The maximum Gasteiger partial charge on any atom is 0.0452 e. The Morgan fingerprint density at radius 2 is 2.15 bits per heavy atom. The SMILES string of the molecule is CN1CCC(CN(C)CC2NCCc3ccccc32)C1. The maximum absolute atomic E-state index is 3.69. The summed E-state index contributed by atoms with van der Waals surface area (Å²) in [5.74, 6) is 0.851. The molecule has 1 saturated heterocycles. The number of fused-ring (bicyclic) bond motifs is 1. The molecule has 1 N–H and O–H groups in total. The molecule has 1 fully saturated rings. The molecule has 0 amide bonds. The fourth-order valence-corrected chi connectivity index (χ4v) is 3.76. The minimum atomic E-state index is 0.504. The van der Waals surface area contributed by atoms with Gasteiger partial charge in [-0.15, -0.1) is 0 Å². The first-order chi connectivity index (χ1) is 9.72. The first kappa shape index (κ1) is 14.1. The van der Waals surface area contributed by atoms with Crippen molar-refractivity contribution < 1.29 is 0 Å². The molecular weight excluding hydrogens is 246 g/mol. The molecule has 20 heavy (non-hydrogen) atoms. The van der Waals surface area contributed by atoms with Crippen LogP contribution in [0.2, 0.25) is 0 Å². The van der Waals surface area contributed by atoms with Crippen LogP contribution in [0.3, 0.4) is 0 Å². The Balaban J connectivity index is 1.58. The second-order valence-electron chi connectivity index (χ2n) is 6.59. The molecule has 2 aliphatic heterocycles. The molecule has 0 aliphatic carbocycles. The van der Waals surface area contributed by atoms with E-state index >= 15 is 0 Å². The summed E-state index contributed by atoms with van der Waals surface area (Å²) in [7, 11) is 4.51. The van der Waals surface area contributed by atoms with Gasteiger partial charge in [-0.1, -0.05) is 24.3 Å². The van der Waals surface area contributed by atoms with Crippen molar-refractivity contribution in [1.82, 2.24) is 15.1 Å². The monoisotopic (exact) mass is 273 g/mol. The van der Waals surface area contributed by atoms with E-state index in [0.717, 1.165) is 19.0 Å². The lowest BCUT2D eigenvalue weighted by atomic mass is 9.94. The predicted octanol–water partition coefficient (Wildman–Crippen LogP) is 1.76. The van der Waals surface area contributed by atoms with Crippen LogP contribution >= 0.6 is 0 Å². The molecule has 2 heterocycles. The number of hydrogen-bond acceptors (Lipinski definition) is 3. The molecule has 2 atom stereocenters. The van der Waals surface area contributed by atoms with Crippen molar-refractivity contribution in [3.05, 3.63) is 35.4 Å². The Hall–Kier alpha value is -0.900. The van der Waals surface area contributed by atoms with Gasteiger partial charge in [0.2, 0.25) is 0 Å². The van der Waals surface area contributed by atoms with Crippen molar-refractivity contribution in [3.63, 3.8) is 0 Å². The summed E-state index contributed by atoms with van der Waals surface area (Å²) < 4.78 is 0. The molecular formula is C17H27N3. The van der Waals surface area contributed by atoms with E-state index in [1.165, 1.54) is 43.6 Å². The van der Waals surface area contributed by atoms with E-state index < -0.39 is 0 Å². The zero-order valence-corrected chi connectivity index (χ0v) is 12.8. The average molecular weight is 273 g/mol. The van der Waals surface area contributed by atoms with E-state index in [9.17, 15) is 0 Å². The molecule has 3 heteroatoms. The van der Waals surface area contributed by atoms with Gasteiger partial charge in [0.05, 0.1) is 0 Å². The molecule has 2 aliphatic rings. The Labute approximate surface area is 123 Å². The third-order valence-corrected chi connectivity index (χ3v) is 4.77. The summed E-state index contributed by atoms with van der Waals surface area (Å²) in [6.07, 6.45) is 2.53. The number of nitrogens with zero attached hydrogens (tertiary/aromatic N) is 2. The van der Waals surface area contributed by atoms with Crippen LogP contribution in [0.1, 0.15) is 23.6 Å². The topological polar surface area (TPSA) is 18.5 Å². The predicted molar refractivity (Wildman–Crippen MR) is 84.0 cm³/mol. The van der Waals surface area contributed by atoms with Crippen LogP contribution in [0.15, 0.2) is 24.3 Å². The van der Waals surface area contributed by atoms with E-state index in [1.807, 2.05) is 0 Å². The molecule has 0 aromatic heterocycles. The van der Waals surface area contributed by atoms with Crippen molar-refractivity contribution in [1.29, 1.82) is 0 Å². The first-order valence-corrected chi connectivity index (χ1v) is 7.90. The second kappa shape index (κ2) is 6.25. The normalized spacial score (nSPS) is 26.9. The van der Waals surface area contributed by atoms with Gasteiger partial charge in [0.25, 0.3) is 0 Å². The maximum atomic E-state index is 3.69. The molecule has 1 aromatic rings. The summed E-state index contributed by atoms with van der Waals surface area (Å²) in [4.78, 5) is 4.97. The lowest BCUT2D eigenvalue weighted by molar-refractivity contribution is 0.244. The van der Waals surface area contributed by atoms with Crippen LogP contribution in [-0.2, 0) is 6.42 Å². The number of benzene rings is 1. The van der Waals surface area contributed by atoms with Crippen molar-refractivity contribution >= 4 is 0 Å². The number of nitrogens with one attached hydrogen (secondary N) is 1. The van der Waals surface area contributed by atoms with Gasteiger partial charge in [-0.3, -0.25) is 0 Å². The van der Waals surface area contributed by atoms with Gasteiger partial charge in [-0.05, 0) is 57.1 Å². The molecule has 0 bridgehead atoms. The second-order valence-corrected chi connectivity index (χ2v) is 6.59. The smallest absolute Gasteiger partial charge is 0.0452 e. The highest BCUT2D eigenvalue weighted by molar-refractivity contribution is 5.32. The van der Waals surface area contributed by atoms with Gasteiger partial charge < -0.3 is 15.1 Å². The van der Waals surface area contributed by atoms with Crippen LogP contribution in [0.25, 0.3) is 0 Å². The van der Waals surface area contributed by atoms with Crippen LogP contribution in [0, 0.1) is 5.92 Å².